The molecule has 0 aliphatic rings. The highest BCUT2D eigenvalue weighted by atomic mass is 79.9. The van der Waals surface area contributed by atoms with Gasteiger partial charge in [-0.15, -0.1) is 11.3 Å². The summed E-state index contributed by atoms with van der Waals surface area (Å²) in [6, 6.07) is 6.34. The van der Waals surface area contributed by atoms with Gasteiger partial charge in [0.15, 0.2) is 0 Å². The lowest BCUT2D eigenvalue weighted by atomic mass is 10.3. The first-order valence-corrected chi connectivity index (χ1v) is 6.06. The van der Waals surface area contributed by atoms with Crippen molar-refractivity contribution in [1.29, 1.82) is 0 Å². The van der Waals surface area contributed by atoms with Gasteiger partial charge >= 0.3 is 0 Å². The molecular weight excluding hydrogens is 260 g/mol. The maximum atomic E-state index is 5.73. The molecule has 0 bridgehead atoms. The molecule has 2 rings (SSSR count). The van der Waals surface area contributed by atoms with Gasteiger partial charge in [0.05, 0.1) is 15.2 Å². The number of aromatic nitrogens is 1. The van der Waals surface area contributed by atoms with Crippen molar-refractivity contribution in [3.05, 3.63) is 27.7 Å². The summed E-state index contributed by atoms with van der Waals surface area (Å²) in [5.74, 6) is 0. The number of nitrogens with zero attached hydrogens (tertiary/aromatic N) is 1. The SMILES string of the molecule is CC(N)Cc1nc2cc(Br)ccc2s1. The lowest BCUT2D eigenvalue weighted by Crippen LogP contribution is -2.17. The van der Waals surface area contributed by atoms with Crippen molar-refractivity contribution < 1.29 is 0 Å². The van der Waals surface area contributed by atoms with Gasteiger partial charge in [-0.05, 0) is 25.1 Å². The van der Waals surface area contributed by atoms with Crippen LogP contribution in [0.3, 0.4) is 0 Å². The second-order valence-corrected chi connectivity index (χ2v) is 5.43. The predicted molar refractivity (Wildman–Crippen MR) is 64.7 cm³/mol. The Bertz CT molecular complexity index is 450. The molecule has 2 N–H and O–H groups in total. The lowest BCUT2D eigenvalue weighted by Gasteiger charge is -1.98. The van der Waals surface area contributed by atoms with E-state index in [-0.39, 0.29) is 6.04 Å². The number of rotatable bonds is 2. The van der Waals surface area contributed by atoms with Gasteiger partial charge in [0.1, 0.15) is 0 Å². The molecule has 1 aromatic heterocycles. The second-order valence-electron chi connectivity index (χ2n) is 3.40. The molecule has 0 aliphatic carbocycles. The average molecular weight is 271 g/mol. The highest BCUT2D eigenvalue weighted by Gasteiger charge is 2.05. The fourth-order valence-corrected chi connectivity index (χ4v) is 2.75. The van der Waals surface area contributed by atoms with E-state index in [1.165, 1.54) is 4.70 Å². The third-order valence-corrected chi connectivity index (χ3v) is 3.44. The summed E-state index contributed by atoms with van der Waals surface area (Å²) >= 11 is 5.15. The summed E-state index contributed by atoms with van der Waals surface area (Å²) in [6.07, 6.45) is 0.858. The smallest absolute Gasteiger partial charge is 0.0953 e. The maximum absolute atomic E-state index is 5.73. The normalized spacial score (nSPS) is 13.4. The van der Waals surface area contributed by atoms with Crippen LogP contribution in [0.5, 0.6) is 0 Å². The first kappa shape index (κ1) is 10.1. The molecule has 0 saturated heterocycles. The summed E-state index contributed by atoms with van der Waals surface area (Å²) in [4.78, 5) is 4.52. The van der Waals surface area contributed by atoms with Crippen molar-refractivity contribution in [3.63, 3.8) is 0 Å². The van der Waals surface area contributed by atoms with Gasteiger partial charge < -0.3 is 5.73 Å². The molecule has 1 unspecified atom stereocenters. The first-order valence-electron chi connectivity index (χ1n) is 4.45. The number of halogens is 1. The molecule has 0 spiro atoms. The Morgan fingerprint density at radius 1 is 1.57 bits per heavy atom. The van der Waals surface area contributed by atoms with Crippen molar-refractivity contribution >= 4 is 37.5 Å². The molecule has 0 aliphatic heterocycles. The summed E-state index contributed by atoms with van der Waals surface area (Å²) in [5.41, 5.74) is 6.79. The molecular formula is C10H11BrN2S. The highest BCUT2D eigenvalue weighted by molar-refractivity contribution is 9.10. The Morgan fingerprint density at radius 3 is 3.07 bits per heavy atom. The molecule has 0 amide bonds. The van der Waals surface area contributed by atoms with Gasteiger partial charge in [-0.2, -0.15) is 0 Å². The Labute approximate surface area is 95.3 Å². The molecule has 1 aromatic carbocycles. The van der Waals surface area contributed by atoms with E-state index in [0.29, 0.717) is 0 Å². The van der Waals surface area contributed by atoms with Gasteiger partial charge in [-0.1, -0.05) is 15.9 Å². The fourth-order valence-electron chi connectivity index (χ4n) is 1.31. The zero-order valence-electron chi connectivity index (χ0n) is 7.83. The van der Waals surface area contributed by atoms with Crippen LogP contribution in [0.2, 0.25) is 0 Å². The van der Waals surface area contributed by atoms with E-state index in [1.54, 1.807) is 11.3 Å². The van der Waals surface area contributed by atoms with Crippen LogP contribution < -0.4 is 5.73 Å². The summed E-state index contributed by atoms with van der Waals surface area (Å²) in [7, 11) is 0. The van der Waals surface area contributed by atoms with Crippen LogP contribution in [0.25, 0.3) is 10.2 Å². The molecule has 1 atom stereocenters. The topological polar surface area (TPSA) is 38.9 Å². The van der Waals surface area contributed by atoms with E-state index >= 15 is 0 Å². The zero-order chi connectivity index (χ0) is 10.1. The van der Waals surface area contributed by atoms with Crippen LogP contribution in [0.1, 0.15) is 11.9 Å². The molecule has 74 valence electrons. The van der Waals surface area contributed by atoms with Crippen LogP contribution in [0.4, 0.5) is 0 Å². The lowest BCUT2D eigenvalue weighted by molar-refractivity contribution is 0.735. The molecule has 4 heteroatoms. The molecule has 1 heterocycles. The van der Waals surface area contributed by atoms with Gasteiger partial charge in [0.25, 0.3) is 0 Å². The summed E-state index contributed by atoms with van der Waals surface area (Å²) < 4.78 is 2.30. The minimum atomic E-state index is 0.180. The molecule has 2 nitrogen and oxygen atoms in total. The van der Waals surface area contributed by atoms with Gasteiger partial charge in [-0.25, -0.2) is 4.98 Å². The number of thiazole rings is 1. The van der Waals surface area contributed by atoms with E-state index in [1.807, 2.05) is 19.1 Å². The van der Waals surface area contributed by atoms with E-state index in [0.717, 1.165) is 21.4 Å². The van der Waals surface area contributed by atoms with Crippen LogP contribution in [-0.2, 0) is 6.42 Å². The van der Waals surface area contributed by atoms with Crippen LogP contribution in [0.15, 0.2) is 22.7 Å². The number of fused-ring (bicyclic) bond motifs is 1. The highest BCUT2D eigenvalue weighted by Crippen LogP contribution is 2.25. The van der Waals surface area contributed by atoms with Gasteiger partial charge in [-0.3, -0.25) is 0 Å². The summed E-state index contributed by atoms with van der Waals surface area (Å²) in [5, 5.41) is 1.12. The minimum absolute atomic E-state index is 0.180. The number of benzene rings is 1. The Hall–Kier alpha value is -0.450. The van der Waals surface area contributed by atoms with E-state index in [2.05, 4.69) is 27.0 Å². The van der Waals surface area contributed by atoms with E-state index in [9.17, 15) is 0 Å². The van der Waals surface area contributed by atoms with Crippen molar-refractivity contribution in [1.82, 2.24) is 4.98 Å². The van der Waals surface area contributed by atoms with Crippen LogP contribution in [-0.4, -0.2) is 11.0 Å². The zero-order valence-corrected chi connectivity index (χ0v) is 10.2. The molecule has 0 fully saturated rings. The number of nitrogens with two attached hydrogens (primary N) is 1. The predicted octanol–water partition coefficient (Wildman–Crippen LogP) is 2.95. The van der Waals surface area contributed by atoms with Crippen LogP contribution >= 0.6 is 27.3 Å². The average Bonchev–Trinajstić information content (AvgIpc) is 2.44. The maximum Gasteiger partial charge on any atom is 0.0953 e. The van der Waals surface area contributed by atoms with Crippen molar-refractivity contribution in [2.75, 3.05) is 0 Å². The largest absolute Gasteiger partial charge is 0.328 e. The minimum Gasteiger partial charge on any atom is -0.328 e. The fraction of sp³-hybridized carbons (Fsp3) is 0.300. The van der Waals surface area contributed by atoms with Crippen LogP contribution in [0, 0.1) is 0 Å². The third kappa shape index (κ3) is 2.13. The van der Waals surface area contributed by atoms with Crippen molar-refractivity contribution in [2.45, 2.75) is 19.4 Å². The Morgan fingerprint density at radius 2 is 2.36 bits per heavy atom. The molecule has 14 heavy (non-hydrogen) atoms. The summed E-state index contributed by atoms with van der Waals surface area (Å²) in [6.45, 7) is 2.00. The van der Waals surface area contributed by atoms with E-state index in [4.69, 9.17) is 5.73 Å². The monoisotopic (exact) mass is 270 g/mol. The number of hydrogen-bond acceptors (Lipinski definition) is 3. The first-order chi connectivity index (χ1) is 6.65. The van der Waals surface area contributed by atoms with Crippen molar-refractivity contribution in [3.8, 4) is 0 Å². The Balaban J connectivity index is 2.41. The molecule has 2 aromatic rings. The Kier molecular flexibility index (Phi) is 2.85. The quantitative estimate of drug-likeness (QED) is 0.912. The van der Waals surface area contributed by atoms with Gasteiger partial charge in [0.2, 0.25) is 0 Å². The molecule has 0 saturated carbocycles. The molecule has 0 radical (unpaired) electrons. The van der Waals surface area contributed by atoms with E-state index < -0.39 is 0 Å². The van der Waals surface area contributed by atoms with Crippen molar-refractivity contribution in [2.24, 2.45) is 5.73 Å². The number of hydrogen-bond donors (Lipinski definition) is 1. The third-order valence-electron chi connectivity index (χ3n) is 1.89. The standard InChI is InChI=1S/C10H11BrN2S/c1-6(12)4-10-13-8-5-7(11)2-3-9(8)14-10/h2-3,5-6H,4,12H2,1H3. The second kappa shape index (κ2) is 3.96. The van der Waals surface area contributed by atoms with Gasteiger partial charge in [0, 0.05) is 16.9 Å².